The Morgan fingerprint density at radius 3 is 2.85 bits per heavy atom. The zero-order valence-corrected chi connectivity index (χ0v) is 15.2. The molecule has 0 unspecified atom stereocenters. The number of likely N-dealkylation sites (tertiary alicyclic amines) is 1. The van der Waals surface area contributed by atoms with Crippen LogP contribution in [0.5, 0.6) is 5.75 Å². The molecule has 1 fully saturated rings. The maximum absolute atomic E-state index is 12.4. The van der Waals surface area contributed by atoms with Crippen LogP contribution in [0.1, 0.15) is 11.7 Å². The molecule has 2 aromatic heterocycles. The number of urea groups is 1. The van der Waals surface area contributed by atoms with Gasteiger partial charge in [0.2, 0.25) is 0 Å². The topological polar surface area (TPSA) is 103 Å². The maximum Gasteiger partial charge on any atom is 0.322 e. The minimum absolute atomic E-state index is 0.0869. The molecular weight excluding hydrogens is 372 g/mol. The summed E-state index contributed by atoms with van der Waals surface area (Å²) in [5, 5.41) is 19.7. The number of carbonyl (C=O) groups is 1. The summed E-state index contributed by atoms with van der Waals surface area (Å²) in [6, 6.07) is 4.94. The number of ether oxygens (including phenoxy) is 1. The lowest BCUT2D eigenvalue weighted by atomic mass is 10.1. The van der Waals surface area contributed by atoms with E-state index in [2.05, 4.69) is 25.8 Å². The molecule has 140 valence electrons. The monoisotopic (exact) mass is 388 g/mol. The number of hydrogen-bond acceptors (Lipinski definition) is 6. The smallest absolute Gasteiger partial charge is 0.322 e. The lowest BCUT2D eigenvalue weighted by Crippen LogP contribution is -2.52. The molecule has 0 bridgehead atoms. The van der Waals surface area contributed by atoms with E-state index in [-0.39, 0.29) is 12.1 Å². The number of halogens is 1. The molecular formula is C16H17ClN8O2. The molecule has 1 N–H and O–H groups in total. The number of methoxy groups -OCH3 is 1. The van der Waals surface area contributed by atoms with Crippen LogP contribution < -0.4 is 10.1 Å². The van der Waals surface area contributed by atoms with Crippen molar-refractivity contribution in [1.29, 1.82) is 0 Å². The summed E-state index contributed by atoms with van der Waals surface area (Å²) in [5.74, 6) is 0.554. The van der Waals surface area contributed by atoms with Gasteiger partial charge in [0.1, 0.15) is 18.0 Å². The molecule has 1 aliphatic rings. The number of hydrogen-bond donors (Lipinski definition) is 1. The van der Waals surface area contributed by atoms with Gasteiger partial charge in [-0.25, -0.2) is 9.48 Å². The zero-order chi connectivity index (χ0) is 18.8. The van der Waals surface area contributed by atoms with Crippen LogP contribution >= 0.6 is 11.6 Å². The molecule has 11 heteroatoms. The fraction of sp³-hybridized carbons (Fsp3) is 0.312. The van der Waals surface area contributed by atoms with E-state index in [1.165, 1.54) is 4.80 Å². The largest absolute Gasteiger partial charge is 0.495 e. The predicted molar refractivity (Wildman–Crippen MR) is 96.8 cm³/mol. The number of rotatable bonds is 5. The van der Waals surface area contributed by atoms with Crippen molar-refractivity contribution in [3.8, 4) is 5.75 Å². The molecule has 4 rings (SSSR count). The molecule has 0 spiro atoms. The van der Waals surface area contributed by atoms with Crippen LogP contribution in [0.4, 0.5) is 10.5 Å². The Balaban J connectivity index is 1.33. The second kappa shape index (κ2) is 7.23. The van der Waals surface area contributed by atoms with Gasteiger partial charge in [-0.2, -0.15) is 15.0 Å². The Hall–Kier alpha value is -3.14. The third-order valence-electron chi connectivity index (χ3n) is 4.25. The predicted octanol–water partition coefficient (Wildman–Crippen LogP) is 1.67. The van der Waals surface area contributed by atoms with Gasteiger partial charge in [0.05, 0.1) is 37.4 Å². The standard InChI is InChI=1S/C16H17ClN8O2/c1-27-15-3-2-11(17)6-14(15)20-16(26)23-9-13(10-23)24-7-12(21-22-24)8-25-18-4-5-19-25/h2-7,13H,8-10H2,1H3,(H,20,26). The van der Waals surface area contributed by atoms with E-state index in [0.717, 1.165) is 5.69 Å². The minimum atomic E-state index is -0.215. The van der Waals surface area contributed by atoms with Gasteiger partial charge in [0, 0.05) is 18.1 Å². The van der Waals surface area contributed by atoms with Crippen LogP contribution in [-0.2, 0) is 6.54 Å². The van der Waals surface area contributed by atoms with Gasteiger partial charge in [0.25, 0.3) is 0 Å². The molecule has 0 saturated carbocycles. The van der Waals surface area contributed by atoms with Crippen LogP contribution in [0.25, 0.3) is 0 Å². The average Bonchev–Trinajstić information content (AvgIpc) is 3.26. The molecule has 2 amide bonds. The minimum Gasteiger partial charge on any atom is -0.495 e. The highest BCUT2D eigenvalue weighted by atomic mass is 35.5. The number of anilines is 1. The van der Waals surface area contributed by atoms with E-state index in [4.69, 9.17) is 16.3 Å². The number of nitrogens with zero attached hydrogens (tertiary/aromatic N) is 7. The molecule has 0 atom stereocenters. The summed E-state index contributed by atoms with van der Waals surface area (Å²) in [6.45, 7) is 1.54. The van der Waals surface area contributed by atoms with Crippen LogP contribution in [0.15, 0.2) is 36.8 Å². The first-order chi connectivity index (χ1) is 13.1. The first kappa shape index (κ1) is 17.3. The molecule has 27 heavy (non-hydrogen) atoms. The van der Waals surface area contributed by atoms with Gasteiger partial charge >= 0.3 is 6.03 Å². The molecule has 1 saturated heterocycles. The van der Waals surface area contributed by atoms with Gasteiger partial charge in [-0.15, -0.1) is 5.10 Å². The van der Waals surface area contributed by atoms with Crippen LogP contribution in [0.3, 0.4) is 0 Å². The van der Waals surface area contributed by atoms with E-state index in [9.17, 15) is 4.79 Å². The van der Waals surface area contributed by atoms with Crippen molar-refractivity contribution in [1.82, 2.24) is 34.9 Å². The third kappa shape index (κ3) is 3.70. The van der Waals surface area contributed by atoms with Gasteiger partial charge in [0.15, 0.2) is 0 Å². The molecule has 3 aromatic rings. The SMILES string of the molecule is COc1ccc(Cl)cc1NC(=O)N1CC(n2cc(Cn3nccn3)nn2)C1. The van der Waals surface area contributed by atoms with Crippen LogP contribution in [-0.4, -0.2) is 61.1 Å². The van der Waals surface area contributed by atoms with Crippen molar-refractivity contribution in [2.45, 2.75) is 12.6 Å². The Morgan fingerprint density at radius 1 is 1.33 bits per heavy atom. The van der Waals surface area contributed by atoms with Gasteiger partial charge in [-0.05, 0) is 18.2 Å². The quantitative estimate of drug-likeness (QED) is 0.713. The highest BCUT2D eigenvalue weighted by Crippen LogP contribution is 2.29. The highest BCUT2D eigenvalue weighted by molar-refractivity contribution is 6.31. The van der Waals surface area contributed by atoms with E-state index >= 15 is 0 Å². The van der Waals surface area contributed by atoms with Crippen molar-refractivity contribution >= 4 is 23.3 Å². The molecule has 1 aromatic carbocycles. The number of carbonyl (C=O) groups excluding carboxylic acids is 1. The van der Waals surface area contributed by atoms with E-state index in [0.29, 0.717) is 36.1 Å². The second-order valence-corrected chi connectivity index (χ2v) is 6.52. The average molecular weight is 389 g/mol. The highest BCUT2D eigenvalue weighted by Gasteiger charge is 2.33. The Bertz CT molecular complexity index is 936. The third-order valence-corrected chi connectivity index (χ3v) is 4.49. The van der Waals surface area contributed by atoms with E-state index in [1.54, 1.807) is 47.3 Å². The maximum atomic E-state index is 12.4. The van der Waals surface area contributed by atoms with Crippen LogP contribution in [0.2, 0.25) is 5.02 Å². The Labute approximate surface area is 159 Å². The summed E-state index contributed by atoms with van der Waals surface area (Å²) >= 11 is 5.99. The van der Waals surface area contributed by atoms with Crippen molar-refractivity contribution in [3.05, 3.63) is 47.5 Å². The first-order valence-electron chi connectivity index (χ1n) is 8.26. The molecule has 0 radical (unpaired) electrons. The van der Waals surface area contributed by atoms with Crippen molar-refractivity contribution in [2.24, 2.45) is 0 Å². The van der Waals surface area contributed by atoms with Gasteiger partial charge < -0.3 is 15.0 Å². The zero-order valence-electron chi connectivity index (χ0n) is 14.5. The van der Waals surface area contributed by atoms with Crippen LogP contribution in [0, 0.1) is 0 Å². The van der Waals surface area contributed by atoms with E-state index < -0.39 is 0 Å². The van der Waals surface area contributed by atoms with Crippen molar-refractivity contribution < 1.29 is 9.53 Å². The number of aromatic nitrogens is 6. The Kier molecular flexibility index (Phi) is 4.63. The number of nitrogens with one attached hydrogen (secondary N) is 1. The number of benzene rings is 1. The summed E-state index contributed by atoms with van der Waals surface area (Å²) < 4.78 is 7.01. The molecule has 10 nitrogen and oxygen atoms in total. The Morgan fingerprint density at radius 2 is 2.11 bits per heavy atom. The van der Waals surface area contributed by atoms with Crippen molar-refractivity contribution in [3.63, 3.8) is 0 Å². The lowest BCUT2D eigenvalue weighted by molar-refractivity contribution is 0.127. The summed E-state index contributed by atoms with van der Waals surface area (Å²) in [7, 11) is 1.54. The second-order valence-electron chi connectivity index (χ2n) is 6.08. The first-order valence-corrected chi connectivity index (χ1v) is 8.64. The molecule has 0 aliphatic carbocycles. The lowest BCUT2D eigenvalue weighted by Gasteiger charge is -2.38. The fourth-order valence-electron chi connectivity index (χ4n) is 2.79. The summed E-state index contributed by atoms with van der Waals surface area (Å²) in [4.78, 5) is 15.6. The van der Waals surface area contributed by atoms with Crippen molar-refractivity contribution in [2.75, 3.05) is 25.5 Å². The van der Waals surface area contributed by atoms with Gasteiger partial charge in [-0.1, -0.05) is 16.8 Å². The number of amides is 2. The fourth-order valence-corrected chi connectivity index (χ4v) is 2.97. The van der Waals surface area contributed by atoms with E-state index in [1.807, 2.05) is 6.20 Å². The normalized spacial score (nSPS) is 14.1. The summed E-state index contributed by atoms with van der Waals surface area (Å²) in [6.07, 6.45) is 5.08. The van der Waals surface area contributed by atoms with Gasteiger partial charge in [-0.3, -0.25) is 0 Å². The summed E-state index contributed by atoms with van der Waals surface area (Å²) in [5.41, 5.74) is 1.30. The molecule has 1 aliphatic heterocycles. The molecule has 3 heterocycles.